The summed E-state index contributed by atoms with van der Waals surface area (Å²) in [6.45, 7) is 5.52. The molecule has 6 heteroatoms. The molecule has 0 aromatic heterocycles. The van der Waals surface area contributed by atoms with E-state index in [2.05, 4.69) is 10.0 Å². The van der Waals surface area contributed by atoms with Crippen LogP contribution >= 0.6 is 0 Å². The Bertz CT molecular complexity index is 1140. The van der Waals surface area contributed by atoms with Crippen molar-refractivity contribution in [2.75, 3.05) is 10.0 Å². The van der Waals surface area contributed by atoms with Crippen molar-refractivity contribution < 1.29 is 13.2 Å². The van der Waals surface area contributed by atoms with Gasteiger partial charge in [-0.1, -0.05) is 35.9 Å². The van der Waals surface area contributed by atoms with Crippen LogP contribution in [0.1, 0.15) is 27.0 Å². The van der Waals surface area contributed by atoms with Crippen LogP contribution in [-0.2, 0) is 10.0 Å². The van der Waals surface area contributed by atoms with E-state index in [1.54, 1.807) is 55.5 Å². The van der Waals surface area contributed by atoms with Gasteiger partial charge in [-0.3, -0.25) is 9.52 Å². The zero-order chi connectivity index (χ0) is 20.3. The van der Waals surface area contributed by atoms with Crippen molar-refractivity contribution in [2.45, 2.75) is 25.7 Å². The monoisotopic (exact) mass is 394 g/mol. The Morgan fingerprint density at radius 2 is 1.46 bits per heavy atom. The third-order valence-corrected chi connectivity index (χ3v) is 5.81. The average Bonchev–Trinajstić information content (AvgIpc) is 2.63. The SMILES string of the molecule is Cc1cccc(NS(=O)(=O)c2cc(NC(=O)c3cccc(C)c3)ccc2C)c1. The molecule has 0 saturated heterocycles. The molecule has 0 spiro atoms. The molecular weight excluding hydrogens is 372 g/mol. The molecule has 0 heterocycles. The first kappa shape index (κ1) is 19.6. The number of benzene rings is 3. The van der Waals surface area contributed by atoms with Crippen molar-refractivity contribution in [1.82, 2.24) is 0 Å². The van der Waals surface area contributed by atoms with E-state index in [1.807, 2.05) is 26.0 Å². The lowest BCUT2D eigenvalue weighted by Gasteiger charge is -2.13. The van der Waals surface area contributed by atoms with Crippen molar-refractivity contribution in [3.05, 3.63) is 89.0 Å². The van der Waals surface area contributed by atoms with E-state index in [0.717, 1.165) is 11.1 Å². The Labute approximate surface area is 165 Å². The second-order valence-electron chi connectivity index (χ2n) is 6.78. The molecule has 28 heavy (non-hydrogen) atoms. The maximum Gasteiger partial charge on any atom is 0.262 e. The minimum absolute atomic E-state index is 0.121. The molecule has 0 fully saturated rings. The first-order valence-electron chi connectivity index (χ1n) is 8.83. The molecule has 0 aliphatic heterocycles. The summed E-state index contributed by atoms with van der Waals surface area (Å²) >= 11 is 0. The van der Waals surface area contributed by atoms with Crippen LogP contribution in [0.4, 0.5) is 11.4 Å². The lowest BCUT2D eigenvalue weighted by molar-refractivity contribution is 0.102. The van der Waals surface area contributed by atoms with E-state index in [9.17, 15) is 13.2 Å². The second-order valence-corrected chi connectivity index (χ2v) is 8.43. The molecule has 0 radical (unpaired) electrons. The summed E-state index contributed by atoms with van der Waals surface area (Å²) in [5.74, 6) is -0.289. The highest BCUT2D eigenvalue weighted by Crippen LogP contribution is 2.24. The van der Waals surface area contributed by atoms with Gasteiger partial charge in [0.1, 0.15) is 0 Å². The lowest BCUT2D eigenvalue weighted by Crippen LogP contribution is -2.16. The van der Waals surface area contributed by atoms with Crippen LogP contribution in [0.2, 0.25) is 0 Å². The molecule has 2 N–H and O–H groups in total. The molecule has 0 saturated carbocycles. The summed E-state index contributed by atoms with van der Waals surface area (Å²) in [6, 6.07) is 19.2. The van der Waals surface area contributed by atoms with Gasteiger partial charge in [-0.2, -0.15) is 0 Å². The normalized spacial score (nSPS) is 11.1. The maximum absolute atomic E-state index is 12.9. The number of rotatable bonds is 5. The van der Waals surface area contributed by atoms with Gasteiger partial charge in [-0.15, -0.1) is 0 Å². The summed E-state index contributed by atoms with van der Waals surface area (Å²) in [7, 11) is -3.79. The molecule has 5 nitrogen and oxygen atoms in total. The molecule has 3 rings (SSSR count). The number of anilines is 2. The Morgan fingerprint density at radius 3 is 2.14 bits per heavy atom. The summed E-state index contributed by atoms with van der Waals surface area (Å²) in [6.07, 6.45) is 0. The minimum Gasteiger partial charge on any atom is -0.322 e. The maximum atomic E-state index is 12.9. The third-order valence-electron chi connectivity index (χ3n) is 4.29. The number of aryl methyl sites for hydroxylation is 3. The van der Waals surface area contributed by atoms with E-state index >= 15 is 0 Å². The first-order chi connectivity index (χ1) is 13.2. The second kappa shape index (κ2) is 7.86. The number of sulfonamides is 1. The fourth-order valence-corrected chi connectivity index (χ4v) is 4.20. The van der Waals surface area contributed by atoms with Gasteiger partial charge in [0.05, 0.1) is 4.90 Å². The van der Waals surface area contributed by atoms with Crippen LogP contribution in [0.3, 0.4) is 0 Å². The highest BCUT2D eigenvalue weighted by Gasteiger charge is 2.18. The van der Waals surface area contributed by atoms with Crippen molar-refractivity contribution in [1.29, 1.82) is 0 Å². The molecule has 144 valence electrons. The molecule has 0 aliphatic carbocycles. The molecule has 0 bridgehead atoms. The standard InChI is InChI=1S/C22H22N2O3S/c1-15-6-4-8-18(12-15)22(25)23-19-11-10-17(3)21(14-19)28(26,27)24-20-9-5-7-16(2)13-20/h4-14,24H,1-3H3,(H,23,25). The highest BCUT2D eigenvalue weighted by molar-refractivity contribution is 7.92. The zero-order valence-electron chi connectivity index (χ0n) is 16.0. The molecule has 0 aliphatic rings. The fourth-order valence-electron chi connectivity index (χ4n) is 2.88. The van der Waals surface area contributed by atoms with Gasteiger partial charge in [-0.05, 0) is 68.3 Å². The smallest absolute Gasteiger partial charge is 0.262 e. The predicted molar refractivity (Wildman–Crippen MR) is 112 cm³/mol. The molecule has 3 aromatic carbocycles. The Kier molecular flexibility index (Phi) is 5.51. The van der Waals surface area contributed by atoms with Gasteiger partial charge in [0.25, 0.3) is 15.9 Å². The van der Waals surface area contributed by atoms with Gasteiger partial charge in [0.2, 0.25) is 0 Å². The molecule has 1 amide bonds. The molecular formula is C22H22N2O3S. The Balaban J connectivity index is 1.87. The van der Waals surface area contributed by atoms with Crippen LogP contribution in [0, 0.1) is 20.8 Å². The molecule has 0 unspecified atom stereocenters. The van der Waals surface area contributed by atoms with E-state index in [1.165, 1.54) is 6.07 Å². The number of amides is 1. The van der Waals surface area contributed by atoms with Crippen LogP contribution in [0.15, 0.2) is 71.6 Å². The average molecular weight is 394 g/mol. The highest BCUT2D eigenvalue weighted by atomic mass is 32.2. The summed E-state index contributed by atoms with van der Waals surface area (Å²) in [5, 5.41) is 2.77. The fraction of sp³-hybridized carbons (Fsp3) is 0.136. The van der Waals surface area contributed by atoms with Crippen molar-refractivity contribution in [3.8, 4) is 0 Å². The summed E-state index contributed by atoms with van der Waals surface area (Å²) in [5.41, 5.74) is 3.95. The number of nitrogens with one attached hydrogen (secondary N) is 2. The predicted octanol–water partition coefficient (Wildman–Crippen LogP) is 4.66. The van der Waals surface area contributed by atoms with Crippen LogP contribution in [-0.4, -0.2) is 14.3 Å². The first-order valence-corrected chi connectivity index (χ1v) is 10.3. The van der Waals surface area contributed by atoms with E-state index in [-0.39, 0.29) is 10.8 Å². The van der Waals surface area contributed by atoms with Crippen molar-refractivity contribution in [2.24, 2.45) is 0 Å². The van der Waals surface area contributed by atoms with Crippen molar-refractivity contribution >= 4 is 27.3 Å². The van der Waals surface area contributed by atoms with Gasteiger partial charge >= 0.3 is 0 Å². The Hall–Kier alpha value is -3.12. The zero-order valence-corrected chi connectivity index (χ0v) is 16.8. The van der Waals surface area contributed by atoms with Crippen LogP contribution < -0.4 is 10.0 Å². The molecule has 3 aromatic rings. The van der Waals surface area contributed by atoms with Gasteiger partial charge in [-0.25, -0.2) is 8.42 Å². The largest absolute Gasteiger partial charge is 0.322 e. The van der Waals surface area contributed by atoms with Crippen molar-refractivity contribution in [3.63, 3.8) is 0 Å². The van der Waals surface area contributed by atoms with E-state index < -0.39 is 10.0 Å². The van der Waals surface area contributed by atoms with Crippen LogP contribution in [0.25, 0.3) is 0 Å². The van der Waals surface area contributed by atoms with Gasteiger partial charge < -0.3 is 5.32 Å². The topological polar surface area (TPSA) is 75.3 Å². The number of carbonyl (C=O) groups is 1. The summed E-state index contributed by atoms with van der Waals surface area (Å²) in [4.78, 5) is 12.6. The number of carbonyl (C=O) groups excluding carboxylic acids is 1. The van der Waals surface area contributed by atoms with Crippen LogP contribution in [0.5, 0.6) is 0 Å². The third kappa shape index (κ3) is 4.58. The molecule has 0 atom stereocenters. The van der Waals surface area contributed by atoms with Gasteiger partial charge in [0, 0.05) is 16.9 Å². The summed E-state index contributed by atoms with van der Waals surface area (Å²) < 4.78 is 28.3. The lowest BCUT2D eigenvalue weighted by atomic mass is 10.1. The quantitative estimate of drug-likeness (QED) is 0.661. The number of hydrogen-bond donors (Lipinski definition) is 2. The Morgan fingerprint density at radius 1 is 0.786 bits per heavy atom. The minimum atomic E-state index is -3.79. The van der Waals surface area contributed by atoms with Gasteiger partial charge in [0.15, 0.2) is 0 Å². The van der Waals surface area contributed by atoms with E-state index in [4.69, 9.17) is 0 Å². The van der Waals surface area contributed by atoms with E-state index in [0.29, 0.717) is 22.5 Å². The number of hydrogen-bond acceptors (Lipinski definition) is 3.